The number of nitrogen functional groups attached to an aromatic ring is 1. The Morgan fingerprint density at radius 2 is 1.82 bits per heavy atom. The van der Waals surface area contributed by atoms with Crippen molar-refractivity contribution in [1.29, 1.82) is 0 Å². The highest BCUT2D eigenvalue weighted by Crippen LogP contribution is 2.32. The second kappa shape index (κ2) is 4.87. The molecule has 0 unspecified atom stereocenters. The van der Waals surface area contributed by atoms with Crippen LogP contribution in [-0.2, 0) is 0 Å². The Hall–Kier alpha value is -1.36. The normalized spacial score (nSPS) is 10.4. The highest BCUT2D eigenvalue weighted by atomic mass is 35.5. The summed E-state index contributed by atoms with van der Waals surface area (Å²) in [4.78, 5) is 8.53. The van der Waals surface area contributed by atoms with E-state index in [1.807, 2.05) is 6.92 Å². The third-order valence-electron chi connectivity index (χ3n) is 2.19. The van der Waals surface area contributed by atoms with Crippen molar-refractivity contribution in [3.63, 3.8) is 0 Å². The molecule has 0 amide bonds. The van der Waals surface area contributed by atoms with Crippen molar-refractivity contribution in [3.8, 4) is 11.4 Å². The van der Waals surface area contributed by atoms with Gasteiger partial charge in [-0.1, -0.05) is 29.3 Å². The number of nitrogens with two attached hydrogens (primary N) is 1. The van der Waals surface area contributed by atoms with Gasteiger partial charge in [-0.15, -0.1) is 0 Å². The first kappa shape index (κ1) is 12.1. The fourth-order valence-electron chi connectivity index (χ4n) is 1.47. The molecule has 0 spiro atoms. The summed E-state index contributed by atoms with van der Waals surface area (Å²) in [6.45, 7) is 1.84. The molecule has 88 valence electrons. The molecular weight excluding hydrogens is 259 g/mol. The predicted molar refractivity (Wildman–Crippen MR) is 70.0 cm³/mol. The van der Waals surface area contributed by atoms with Gasteiger partial charge in [0.15, 0.2) is 5.82 Å². The molecule has 6 heteroatoms. The van der Waals surface area contributed by atoms with Crippen molar-refractivity contribution >= 4 is 29.0 Å². The number of rotatable bonds is 2. The van der Waals surface area contributed by atoms with Gasteiger partial charge in [0.2, 0.25) is 0 Å². The minimum absolute atomic E-state index is 0.452. The van der Waals surface area contributed by atoms with Crippen LogP contribution in [0.5, 0.6) is 0 Å². The van der Waals surface area contributed by atoms with E-state index in [9.17, 15) is 0 Å². The average molecular weight is 269 g/mol. The molecule has 0 aliphatic heterocycles. The van der Waals surface area contributed by atoms with E-state index >= 15 is 0 Å². The molecule has 0 aliphatic rings. The summed E-state index contributed by atoms with van der Waals surface area (Å²) in [5.41, 5.74) is 3.86. The summed E-state index contributed by atoms with van der Waals surface area (Å²) >= 11 is 12.2. The Balaban J connectivity index is 2.64. The summed E-state index contributed by atoms with van der Waals surface area (Å²) in [6, 6.07) is 6.98. The van der Waals surface area contributed by atoms with E-state index in [1.165, 1.54) is 0 Å². The average Bonchev–Trinajstić information content (AvgIpc) is 2.28. The summed E-state index contributed by atoms with van der Waals surface area (Å²) in [5.74, 6) is 6.31. The highest BCUT2D eigenvalue weighted by Gasteiger charge is 2.12. The summed E-state index contributed by atoms with van der Waals surface area (Å²) < 4.78 is 0. The Morgan fingerprint density at radius 3 is 2.41 bits per heavy atom. The van der Waals surface area contributed by atoms with Gasteiger partial charge in [-0.3, -0.25) is 0 Å². The first-order valence-corrected chi connectivity index (χ1v) is 5.64. The van der Waals surface area contributed by atoms with Crippen molar-refractivity contribution in [3.05, 3.63) is 40.0 Å². The van der Waals surface area contributed by atoms with Gasteiger partial charge in [0, 0.05) is 11.8 Å². The third kappa shape index (κ3) is 2.49. The molecule has 0 bridgehead atoms. The summed E-state index contributed by atoms with van der Waals surface area (Å²) in [6.07, 6.45) is 0. The zero-order valence-corrected chi connectivity index (χ0v) is 10.5. The van der Waals surface area contributed by atoms with E-state index < -0.39 is 0 Å². The molecule has 2 rings (SSSR count). The highest BCUT2D eigenvalue weighted by molar-refractivity contribution is 6.38. The van der Waals surface area contributed by atoms with E-state index in [0.29, 0.717) is 27.3 Å². The fraction of sp³-hybridized carbons (Fsp3) is 0.0909. The lowest BCUT2D eigenvalue weighted by molar-refractivity contribution is 1.09. The molecule has 0 fully saturated rings. The maximum absolute atomic E-state index is 6.10. The first-order valence-electron chi connectivity index (χ1n) is 4.88. The number of aryl methyl sites for hydroxylation is 1. The molecule has 4 nitrogen and oxygen atoms in total. The summed E-state index contributed by atoms with van der Waals surface area (Å²) in [7, 11) is 0. The van der Waals surface area contributed by atoms with Crippen LogP contribution < -0.4 is 11.3 Å². The van der Waals surface area contributed by atoms with Gasteiger partial charge >= 0.3 is 0 Å². The molecule has 0 aliphatic carbocycles. The molecule has 17 heavy (non-hydrogen) atoms. The van der Waals surface area contributed by atoms with Crippen LogP contribution >= 0.6 is 23.2 Å². The standard InChI is InChI=1S/C11H10Cl2N4/c1-6-5-9(17-14)16-11(15-6)10-7(12)3-2-4-8(10)13/h2-5H,14H2,1H3,(H,15,16,17). The number of aromatic nitrogens is 2. The molecule has 0 saturated heterocycles. The lowest BCUT2D eigenvalue weighted by Crippen LogP contribution is -2.10. The van der Waals surface area contributed by atoms with Crippen LogP contribution in [0.1, 0.15) is 5.69 Å². The molecule has 0 radical (unpaired) electrons. The Morgan fingerprint density at radius 1 is 1.18 bits per heavy atom. The molecule has 0 atom stereocenters. The maximum Gasteiger partial charge on any atom is 0.164 e. The molecule has 1 heterocycles. The number of nitrogens with zero attached hydrogens (tertiary/aromatic N) is 2. The van der Waals surface area contributed by atoms with Crippen molar-refractivity contribution in [2.24, 2.45) is 5.84 Å². The van der Waals surface area contributed by atoms with Crippen LogP contribution in [-0.4, -0.2) is 9.97 Å². The Labute approximate surface area is 109 Å². The van der Waals surface area contributed by atoms with Crippen molar-refractivity contribution < 1.29 is 0 Å². The molecule has 1 aromatic carbocycles. The SMILES string of the molecule is Cc1cc(NN)nc(-c2c(Cl)cccc2Cl)n1. The molecule has 0 saturated carbocycles. The third-order valence-corrected chi connectivity index (χ3v) is 2.82. The number of anilines is 1. The zero-order valence-electron chi connectivity index (χ0n) is 9.04. The van der Waals surface area contributed by atoms with Crippen molar-refractivity contribution in [2.45, 2.75) is 6.92 Å². The molecular formula is C11H10Cl2N4. The number of halogens is 2. The number of hydrogen-bond donors (Lipinski definition) is 2. The molecule has 2 aromatic rings. The quantitative estimate of drug-likeness (QED) is 0.649. The van der Waals surface area contributed by atoms with Crippen molar-refractivity contribution in [1.82, 2.24) is 9.97 Å². The van der Waals surface area contributed by atoms with E-state index in [2.05, 4.69) is 15.4 Å². The van der Waals surface area contributed by atoms with Gasteiger partial charge in [0.05, 0.1) is 15.6 Å². The van der Waals surface area contributed by atoms with Crippen LogP contribution in [0.25, 0.3) is 11.4 Å². The minimum Gasteiger partial charge on any atom is -0.308 e. The van der Waals surface area contributed by atoms with Crippen LogP contribution in [0.2, 0.25) is 10.0 Å². The smallest absolute Gasteiger partial charge is 0.164 e. The van der Waals surface area contributed by atoms with Gasteiger partial charge in [-0.25, -0.2) is 15.8 Å². The predicted octanol–water partition coefficient (Wildman–Crippen LogP) is 3.04. The van der Waals surface area contributed by atoms with Gasteiger partial charge in [0.1, 0.15) is 5.82 Å². The lowest BCUT2D eigenvalue weighted by Gasteiger charge is -2.08. The van der Waals surface area contributed by atoms with Crippen LogP contribution in [0, 0.1) is 6.92 Å². The van der Waals surface area contributed by atoms with E-state index in [-0.39, 0.29) is 0 Å². The van der Waals surface area contributed by atoms with Gasteiger partial charge in [-0.2, -0.15) is 0 Å². The second-order valence-corrected chi connectivity index (χ2v) is 4.27. The topological polar surface area (TPSA) is 63.8 Å². The summed E-state index contributed by atoms with van der Waals surface area (Å²) in [5, 5.41) is 1.01. The largest absolute Gasteiger partial charge is 0.308 e. The maximum atomic E-state index is 6.10. The van der Waals surface area contributed by atoms with Crippen LogP contribution in [0.15, 0.2) is 24.3 Å². The molecule has 1 aromatic heterocycles. The first-order chi connectivity index (χ1) is 8.11. The fourth-order valence-corrected chi connectivity index (χ4v) is 2.03. The van der Waals surface area contributed by atoms with Gasteiger partial charge < -0.3 is 5.43 Å². The second-order valence-electron chi connectivity index (χ2n) is 3.46. The van der Waals surface area contributed by atoms with E-state index in [4.69, 9.17) is 29.0 Å². The van der Waals surface area contributed by atoms with E-state index in [1.54, 1.807) is 24.3 Å². The van der Waals surface area contributed by atoms with Crippen LogP contribution in [0.3, 0.4) is 0 Å². The zero-order chi connectivity index (χ0) is 12.4. The Bertz CT molecular complexity index is 537. The van der Waals surface area contributed by atoms with Gasteiger partial charge in [-0.05, 0) is 19.1 Å². The van der Waals surface area contributed by atoms with Crippen molar-refractivity contribution in [2.75, 3.05) is 5.43 Å². The minimum atomic E-state index is 0.452. The lowest BCUT2D eigenvalue weighted by atomic mass is 10.2. The molecule has 3 N–H and O–H groups in total. The van der Waals surface area contributed by atoms with E-state index in [0.717, 1.165) is 5.69 Å². The number of hydrazine groups is 1. The van der Waals surface area contributed by atoms with Gasteiger partial charge in [0.25, 0.3) is 0 Å². The monoisotopic (exact) mass is 268 g/mol. The number of benzene rings is 1. The number of nitrogens with one attached hydrogen (secondary N) is 1. The number of hydrogen-bond acceptors (Lipinski definition) is 4. The van der Waals surface area contributed by atoms with Crippen LogP contribution in [0.4, 0.5) is 5.82 Å². The Kier molecular flexibility index (Phi) is 3.47.